The van der Waals surface area contributed by atoms with Crippen LogP contribution in [0.25, 0.3) is 10.2 Å². The summed E-state index contributed by atoms with van der Waals surface area (Å²) in [5.74, 6) is 0.230. The van der Waals surface area contributed by atoms with Crippen molar-refractivity contribution in [1.82, 2.24) is 4.98 Å². The fraction of sp³-hybridized carbons (Fsp3) is 0.222. The van der Waals surface area contributed by atoms with Crippen LogP contribution in [0.5, 0.6) is 5.75 Å². The zero-order valence-electron chi connectivity index (χ0n) is 7.06. The standard InChI is InChI=1S/C9H9NO2S/c1-5(11)9-10-7-3-2-6(12)4-8(7)13-9/h2-5,11-12H,1H3. The molecule has 1 unspecified atom stereocenters. The van der Waals surface area contributed by atoms with Crippen molar-refractivity contribution in [2.75, 3.05) is 0 Å². The van der Waals surface area contributed by atoms with E-state index in [-0.39, 0.29) is 5.75 Å². The van der Waals surface area contributed by atoms with Crippen LogP contribution in [0.4, 0.5) is 0 Å². The Morgan fingerprint density at radius 1 is 1.46 bits per heavy atom. The first kappa shape index (κ1) is 8.47. The second-order valence-corrected chi connectivity index (χ2v) is 3.94. The van der Waals surface area contributed by atoms with E-state index in [9.17, 15) is 10.2 Å². The lowest BCUT2D eigenvalue weighted by Gasteiger charge is -1.93. The Labute approximate surface area is 79.3 Å². The molecule has 0 amide bonds. The molecule has 2 N–H and O–H groups in total. The van der Waals surface area contributed by atoms with Gasteiger partial charge in [-0.3, -0.25) is 0 Å². The fourth-order valence-electron chi connectivity index (χ4n) is 1.11. The molecule has 0 spiro atoms. The molecule has 2 aromatic rings. The number of rotatable bonds is 1. The predicted octanol–water partition coefficient (Wildman–Crippen LogP) is 2.06. The molecule has 0 bridgehead atoms. The number of phenols is 1. The average molecular weight is 195 g/mol. The summed E-state index contributed by atoms with van der Waals surface area (Å²) >= 11 is 1.40. The van der Waals surface area contributed by atoms with Gasteiger partial charge in [0.25, 0.3) is 0 Å². The van der Waals surface area contributed by atoms with Gasteiger partial charge in [-0.1, -0.05) is 0 Å². The van der Waals surface area contributed by atoms with E-state index in [2.05, 4.69) is 4.98 Å². The summed E-state index contributed by atoms with van der Waals surface area (Å²) in [6, 6.07) is 4.99. The number of phenolic OH excluding ortho intramolecular Hbond substituents is 1. The Morgan fingerprint density at radius 2 is 2.23 bits per heavy atom. The molecule has 3 nitrogen and oxygen atoms in total. The summed E-state index contributed by atoms with van der Waals surface area (Å²) in [5.41, 5.74) is 0.818. The second-order valence-electron chi connectivity index (χ2n) is 2.88. The number of aliphatic hydroxyl groups is 1. The van der Waals surface area contributed by atoms with E-state index in [4.69, 9.17) is 0 Å². The topological polar surface area (TPSA) is 53.4 Å². The minimum absolute atomic E-state index is 0.230. The Hall–Kier alpha value is -1.13. The molecule has 0 fully saturated rings. The molecule has 0 saturated heterocycles. The van der Waals surface area contributed by atoms with Crippen LogP contribution in [0, 0.1) is 0 Å². The Morgan fingerprint density at radius 3 is 2.92 bits per heavy atom. The first-order valence-electron chi connectivity index (χ1n) is 3.94. The van der Waals surface area contributed by atoms with Crippen LogP contribution in [0.1, 0.15) is 18.0 Å². The molecule has 68 valence electrons. The van der Waals surface area contributed by atoms with Crippen LogP contribution in [-0.4, -0.2) is 15.2 Å². The Balaban J connectivity index is 2.62. The normalized spacial score (nSPS) is 13.4. The molecule has 0 aliphatic carbocycles. The maximum absolute atomic E-state index is 9.28. The van der Waals surface area contributed by atoms with Crippen molar-refractivity contribution in [2.24, 2.45) is 0 Å². The van der Waals surface area contributed by atoms with Gasteiger partial charge >= 0.3 is 0 Å². The molecule has 0 saturated carbocycles. The minimum Gasteiger partial charge on any atom is -0.508 e. The van der Waals surface area contributed by atoms with Crippen LogP contribution < -0.4 is 0 Å². The van der Waals surface area contributed by atoms with Crippen molar-refractivity contribution >= 4 is 21.6 Å². The van der Waals surface area contributed by atoms with Gasteiger partial charge in [0.1, 0.15) is 16.9 Å². The van der Waals surface area contributed by atoms with E-state index in [0.717, 1.165) is 10.2 Å². The SMILES string of the molecule is CC(O)c1nc2ccc(O)cc2s1. The highest BCUT2D eigenvalue weighted by Crippen LogP contribution is 2.28. The third-order valence-corrected chi connectivity index (χ3v) is 2.93. The second kappa shape index (κ2) is 2.97. The van der Waals surface area contributed by atoms with Gasteiger partial charge in [-0.25, -0.2) is 4.98 Å². The van der Waals surface area contributed by atoms with E-state index in [1.54, 1.807) is 25.1 Å². The first-order valence-corrected chi connectivity index (χ1v) is 4.76. The summed E-state index contributed by atoms with van der Waals surface area (Å²) in [7, 11) is 0. The lowest BCUT2D eigenvalue weighted by molar-refractivity contribution is 0.199. The largest absolute Gasteiger partial charge is 0.508 e. The maximum atomic E-state index is 9.28. The highest BCUT2D eigenvalue weighted by molar-refractivity contribution is 7.18. The zero-order valence-corrected chi connectivity index (χ0v) is 7.88. The van der Waals surface area contributed by atoms with Crippen molar-refractivity contribution in [2.45, 2.75) is 13.0 Å². The third-order valence-electron chi connectivity index (χ3n) is 1.75. The molecule has 2 rings (SSSR count). The van der Waals surface area contributed by atoms with Gasteiger partial charge in [-0.15, -0.1) is 11.3 Å². The summed E-state index contributed by atoms with van der Waals surface area (Å²) in [5, 5.41) is 19.2. The van der Waals surface area contributed by atoms with Crippen molar-refractivity contribution < 1.29 is 10.2 Å². The minimum atomic E-state index is -0.542. The van der Waals surface area contributed by atoms with Gasteiger partial charge in [0.15, 0.2) is 0 Å². The molecule has 1 atom stereocenters. The van der Waals surface area contributed by atoms with Crippen molar-refractivity contribution in [3.05, 3.63) is 23.2 Å². The van der Waals surface area contributed by atoms with Crippen molar-refractivity contribution in [1.29, 1.82) is 0 Å². The Kier molecular flexibility index (Phi) is 1.94. The van der Waals surface area contributed by atoms with E-state index >= 15 is 0 Å². The summed E-state index contributed by atoms with van der Waals surface area (Å²) < 4.78 is 0.899. The summed E-state index contributed by atoms with van der Waals surface area (Å²) in [6.45, 7) is 1.68. The number of thiazole rings is 1. The molecule has 1 aromatic carbocycles. The number of aromatic hydroxyl groups is 1. The van der Waals surface area contributed by atoms with E-state index in [1.807, 2.05) is 0 Å². The molecular weight excluding hydrogens is 186 g/mol. The van der Waals surface area contributed by atoms with Gasteiger partial charge < -0.3 is 10.2 Å². The number of aromatic nitrogens is 1. The van der Waals surface area contributed by atoms with Crippen LogP contribution in [-0.2, 0) is 0 Å². The van der Waals surface area contributed by atoms with Crippen LogP contribution in [0.2, 0.25) is 0 Å². The van der Waals surface area contributed by atoms with Gasteiger partial charge in [-0.2, -0.15) is 0 Å². The average Bonchev–Trinajstić information content (AvgIpc) is 2.46. The third kappa shape index (κ3) is 1.50. The van der Waals surface area contributed by atoms with Gasteiger partial charge in [0, 0.05) is 0 Å². The number of hydrogen-bond donors (Lipinski definition) is 2. The molecular formula is C9H9NO2S. The predicted molar refractivity (Wildman–Crippen MR) is 51.9 cm³/mol. The van der Waals surface area contributed by atoms with Crippen molar-refractivity contribution in [3.8, 4) is 5.75 Å². The summed E-state index contributed by atoms with van der Waals surface area (Å²) in [4.78, 5) is 4.21. The highest BCUT2D eigenvalue weighted by Gasteiger charge is 2.08. The lowest BCUT2D eigenvalue weighted by atomic mass is 10.3. The molecule has 4 heteroatoms. The quantitative estimate of drug-likeness (QED) is 0.732. The van der Waals surface area contributed by atoms with Crippen LogP contribution in [0.3, 0.4) is 0 Å². The van der Waals surface area contributed by atoms with Gasteiger partial charge in [0.05, 0.1) is 10.2 Å². The molecule has 13 heavy (non-hydrogen) atoms. The van der Waals surface area contributed by atoms with E-state index < -0.39 is 6.10 Å². The maximum Gasteiger partial charge on any atom is 0.122 e. The molecule has 1 aromatic heterocycles. The molecule has 1 heterocycles. The number of benzene rings is 1. The number of nitrogens with zero attached hydrogens (tertiary/aromatic N) is 1. The lowest BCUT2D eigenvalue weighted by Crippen LogP contribution is -1.87. The zero-order chi connectivity index (χ0) is 9.42. The number of aliphatic hydroxyl groups excluding tert-OH is 1. The van der Waals surface area contributed by atoms with Gasteiger partial charge in [0.2, 0.25) is 0 Å². The smallest absolute Gasteiger partial charge is 0.122 e. The van der Waals surface area contributed by atoms with Crippen LogP contribution in [0.15, 0.2) is 18.2 Å². The number of hydrogen-bond acceptors (Lipinski definition) is 4. The number of fused-ring (bicyclic) bond motifs is 1. The monoisotopic (exact) mass is 195 g/mol. The van der Waals surface area contributed by atoms with Gasteiger partial charge in [-0.05, 0) is 25.1 Å². The molecule has 0 radical (unpaired) electrons. The van der Waals surface area contributed by atoms with E-state index in [1.165, 1.54) is 11.3 Å². The first-order chi connectivity index (χ1) is 6.16. The van der Waals surface area contributed by atoms with Crippen LogP contribution >= 0.6 is 11.3 Å². The molecule has 0 aliphatic heterocycles. The summed E-state index contributed by atoms with van der Waals surface area (Å²) in [6.07, 6.45) is -0.542. The van der Waals surface area contributed by atoms with E-state index in [0.29, 0.717) is 5.01 Å². The fourth-order valence-corrected chi connectivity index (χ4v) is 2.05. The van der Waals surface area contributed by atoms with Crippen molar-refractivity contribution in [3.63, 3.8) is 0 Å². The highest BCUT2D eigenvalue weighted by atomic mass is 32.1. The Bertz CT molecular complexity index is 436. The molecule has 0 aliphatic rings.